The van der Waals surface area contributed by atoms with Crippen LogP contribution >= 0.6 is 0 Å². The second kappa shape index (κ2) is 5.43. The van der Waals surface area contributed by atoms with Gasteiger partial charge in [-0.05, 0) is 33.6 Å². The lowest BCUT2D eigenvalue weighted by Crippen LogP contribution is -2.40. The van der Waals surface area contributed by atoms with E-state index in [1.54, 1.807) is 20.8 Å². The van der Waals surface area contributed by atoms with Crippen molar-refractivity contribution in [3.63, 3.8) is 0 Å². The van der Waals surface area contributed by atoms with Crippen LogP contribution in [0.3, 0.4) is 0 Å². The average molecular weight is 228 g/mol. The smallest absolute Gasteiger partial charge is 0.319 e. The molecule has 0 aromatic rings. The number of carbonyl (C=O) groups excluding carboxylic acids is 2. The van der Waals surface area contributed by atoms with E-state index < -0.39 is 11.4 Å². The number of hydrogen-bond acceptors (Lipinski definition) is 4. The molecular formula is C12H20O4. The Hall–Kier alpha value is -0.900. The molecule has 0 unspecified atom stereocenters. The Labute approximate surface area is 96.3 Å². The number of ketones is 1. The molecule has 0 aliphatic carbocycles. The van der Waals surface area contributed by atoms with Crippen molar-refractivity contribution in [2.45, 2.75) is 33.6 Å². The maximum atomic E-state index is 12.2. The first-order valence-corrected chi connectivity index (χ1v) is 5.79. The van der Waals surface area contributed by atoms with Crippen LogP contribution in [0.4, 0.5) is 0 Å². The van der Waals surface area contributed by atoms with Gasteiger partial charge in [-0.15, -0.1) is 0 Å². The zero-order chi connectivity index (χ0) is 12.2. The Kier molecular flexibility index (Phi) is 4.47. The number of rotatable bonds is 4. The SMILES string of the molecule is CCOC(=O)C(C)(C)C(=O)C1CCOCC1. The fraction of sp³-hybridized carbons (Fsp3) is 0.833. The van der Waals surface area contributed by atoms with E-state index in [0.29, 0.717) is 32.7 Å². The van der Waals surface area contributed by atoms with Gasteiger partial charge in [0.05, 0.1) is 6.61 Å². The number of esters is 1. The summed E-state index contributed by atoms with van der Waals surface area (Å²) < 4.78 is 10.1. The largest absolute Gasteiger partial charge is 0.465 e. The molecule has 0 aromatic carbocycles. The van der Waals surface area contributed by atoms with Gasteiger partial charge in [-0.2, -0.15) is 0 Å². The summed E-state index contributed by atoms with van der Waals surface area (Å²) in [6.45, 7) is 6.55. The molecule has 1 aliphatic heterocycles. The number of ether oxygens (including phenoxy) is 2. The highest BCUT2D eigenvalue weighted by Crippen LogP contribution is 2.28. The van der Waals surface area contributed by atoms with E-state index in [-0.39, 0.29) is 11.7 Å². The summed E-state index contributed by atoms with van der Waals surface area (Å²) in [5, 5.41) is 0. The fourth-order valence-corrected chi connectivity index (χ4v) is 1.88. The summed E-state index contributed by atoms with van der Waals surface area (Å²) in [6, 6.07) is 0. The average Bonchev–Trinajstić information content (AvgIpc) is 2.29. The number of carbonyl (C=O) groups is 2. The van der Waals surface area contributed by atoms with Crippen LogP contribution in [0.2, 0.25) is 0 Å². The van der Waals surface area contributed by atoms with Crippen LogP contribution in [-0.2, 0) is 19.1 Å². The second-order valence-corrected chi connectivity index (χ2v) is 4.60. The molecular weight excluding hydrogens is 208 g/mol. The Bertz CT molecular complexity index is 264. The van der Waals surface area contributed by atoms with E-state index in [1.165, 1.54) is 0 Å². The highest BCUT2D eigenvalue weighted by molar-refractivity contribution is 6.04. The molecule has 1 heterocycles. The predicted octanol–water partition coefficient (Wildman–Crippen LogP) is 1.57. The van der Waals surface area contributed by atoms with Crippen molar-refractivity contribution in [3.05, 3.63) is 0 Å². The zero-order valence-corrected chi connectivity index (χ0v) is 10.2. The lowest BCUT2D eigenvalue weighted by molar-refractivity contribution is -0.160. The normalized spacial score (nSPS) is 18.2. The minimum atomic E-state index is -1.03. The van der Waals surface area contributed by atoms with Gasteiger partial charge >= 0.3 is 5.97 Å². The fourth-order valence-electron chi connectivity index (χ4n) is 1.88. The molecule has 0 radical (unpaired) electrons. The molecule has 4 heteroatoms. The summed E-state index contributed by atoms with van der Waals surface area (Å²) >= 11 is 0. The predicted molar refractivity (Wildman–Crippen MR) is 59.0 cm³/mol. The monoisotopic (exact) mass is 228 g/mol. The molecule has 0 spiro atoms. The first-order chi connectivity index (χ1) is 7.50. The van der Waals surface area contributed by atoms with Gasteiger partial charge in [0, 0.05) is 19.1 Å². The first-order valence-electron chi connectivity index (χ1n) is 5.79. The molecule has 1 fully saturated rings. The van der Waals surface area contributed by atoms with Crippen molar-refractivity contribution in [1.29, 1.82) is 0 Å². The van der Waals surface area contributed by atoms with Crippen molar-refractivity contribution in [2.75, 3.05) is 19.8 Å². The molecule has 0 N–H and O–H groups in total. The molecule has 1 aliphatic rings. The van der Waals surface area contributed by atoms with Crippen molar-refractivity contribution in [2.24, 2.45) is 11.3 Å². The summed E-state index contributed by atoms with van der Waals surface area (Å²) in [7, 11) is 0. The molecule has 16 heavy (non-hydrogen) atoms. The van der Waals surface area contributed by atoms with Gasteiger partial charge in [0.25, 0.3) is 0 Å². The van der Waals surface area contributed by atoms with Crippen LogP contribution in [0.15, 0.2) is 0 Å². The summed E-state index contributed by atoms with van der Waals surface area (Å²) in [6.07, 6.45) is 1.42. The molecule has 92 valence electrons. The highest BCUT2D eigenvalue weighted by atomic mass is 16.5. The second-order valence-electron chi connectivity index (χ2n) is 4.60. The van der Waals surface area contributed by atoms with Crippen LogP contribution in [0.5, 0.6) is 0 Å². The third kappa shape index (κ3) is 2.82. The van der Waals surface area contributed by atoms with Crippen LogP contribution in [0.1, 0.15) is 33.6 Å². The molecule has 1 rings (SSSR count). The van der Waals surface area contributed by atoms with E-state index in [2.05, 4.69) is 0 Å². The van der Waals surface area contributed by atoms with Crippen LogP contribution in [0, 0.1) is 11.3 Å². The van der Waals surface area contributed by atoms with Gasteiger partial charge in [0.2, 0.25) is 0 Å². The topological polar surface area (TPSA) is 52.6 Å². The van der Waals surface area contributed by atoms with Gasteiger partial charge in [0.15, 0.2) is 5.78 Å². The van der Waals surface area contributed by atoms with E-state index in [0.717, 1.165) is 0 Å². The highest BCUT2D eigenvalue weighted by Gasteiger charge is 2.41. The third-order valence-corrected chi connectivity index (χ3v) is 2.99. The Balaban J connectivity index is 2.66. The summed E-state index contributed by atoms with van der Waals surface area (Å²) in [5.74, 6) is -0.506. The standard InChI is InChI=1S/C12H20O4/c1-4-16-11(14)12(2,3)10(13)9-5-7-15-8-6-9/h9H,4-8H2,1-3H3. The Morgan fingerprint density at radius 2 is 1.88 bits per heavy atom. The zero-order valence-electron chi connectivity index (χ0n) is 10.2. The summed E-state index contributed by atoms with van der Waals surface area (Å²) in [5.41, 5.74) is -1.03. The minimum Gasteiger partial charge on any atom is -0.465 e. The molecule has 1 saturated heterocycles. The van der Waals surface area contributed by atoms with Gasteiger partial charge in [-0.3, -0.25) is 9.59 Å². The molecule has 0 bridgehead atoms. The van der Waals surface area contributed by atoms with E-state index in [1.807, 2.05) is 0 Å². The lowest BCUT2D eigenvalue weighted by Gasteiger charge is -2.28. The first kappa shape index (κ1) is 13.2. The maximum Gasteiger partial charge on any atom is 0.319 e. The van der Waals surface area contributed by atoms with E-state index in [9.17, 15) is 9.59 Å². The molecule has 0 aromatic heterocycles. The summed E-state index contributed by atoms with van der Waals surface area (Å²) in [4.78, 5) is 23.9. The molecule has 0 amide bonds. The number of hydrogen-bond donors (Lipinski definition) is 0. The lowest BCUT2D eigenvalue weighted by atomic mass is 9.78. The van der Waals surface area contributed by atoms with Crippen molar-refractivity contribution >= 4 is 11.8 Å². The molecule has 4 nitrogen and oxygen atoms in total. The van der Waals surface area contributed by atoms with E-state index >= 15 is 0 Å². The van der Waals surface area contributed by atoms with Gasteiger partial charge in [-0.25, -0.2) is 0 Å². The van der Waals surface area contributed by atoms with E-state index in [4.69, 9.17) is 9.47 Å². The van der Waals surface area contributed by atoms with Crippen LogP contribution in [-0.4, -0.2) is 31.6 Å². The molecule has 0 atom stereocenters. The van der Waals surface area contributed by atoms with Gasteiger partial charge in [0.1, 0.15) is 5.41 Å². The minimum absolute atomic E-state index is 0.0192. The van der Waals surface area contributed by atoms with Crippen molar-refractivity contribution in [1.82, 2.24) is 0 Å². The van der Waals surface area contributed by atoms with Crippen molar-refractivity contribution < 1.29 is 19.1 Å². The van der Waals surface area contributed by atoms with Gasteiger partial charge < -0.3 is 9.47 Å². The quantitative estimate of drug-likeness (QED) is 0.541. The third-order valence-electron chi connectivity index (χ3n) is 2.99. The Morgan fingerprint density at radius 1 is 1.31 bits per heavy atom. The maximum absolute atomic E-state index is 12.2. The Morgan fingerprint density at radius 3 is 2.38 bits per heavy atom. The van der Waals surface area contributed by atoms with Crippen LogP contribution < -0.4 is 0 Å². The van der Waals surface area contributed by atoms with Crippen molar-refractivity contribution in [3.8, 4) is 0 Å². The van der Waals surface area contributed by atoms with Crippen LogP contribution in [0.25, 0.3) is 0 Å². The molecule has 0 saturated carbocycles. The number of Topliss-reactive ketones (excluding diaryl/α,β-unsaturated/α-hetero) is 1. The van der Waals surface area contributed by atoms with Gasteiger partial charge in [-0.1, -0.05) is 0 Å².